The standard InChI is InChI=1S/C27H33N3O4/c1-27(2,3)19-11-8-17(9-12-19)25-22-23(18-10-13-20(33-5)21(16-18)34-6)28-29-24(22)26(31)30(25)14-7-15-32-4/h8-13,16,25H,7,14-15H2,1-6H3,(H,28,29). The van der Waals surface area contributed by atoms with Gasteiger partial charge in [0.2, 0.25) is 0 Å². The summed E-state index contributed by atoms with van der Waals surface area (Å²) in [6, 6.07) is 14.0. The lowest BCUT2D eigenvalue weighted by Gasteiger charge is -2.27. The van der Waals surface area contributed by atoms with Gasteiger partial charge >= 0.3 is 0 Å². The van der Waals surface area contributed by atoms with Gasteiger partial charge in [-0.3, -0.25) is 9.89 Å². The Morgan fingerprint density at radius 1 is 1.00 bits per heavy atom. The summed E-state index contributed by atoms with van der Waals surface area (Å²) in [5, 5.41) is 7.57. The second kappa shape index (κ2) is 9.50. The largest absolute Gasteiger partial charge is 0.493 e. The smallest absolute Gasteiger partial charge is 0.273 e. The molecule has 4 rings (SSSR count). The highest BCUT2D eigenvalue weighted by Gasteiger charge is 2.42. The number of aromatic amines is 1. The van der Waals surface area contributed by atoms with Crippen LogP contribution in [0.15, 0.2) is 42.5 Å². The molecule has 3 aromatic rings. The van der Waals surface area contributed by atoms with Crippen LogP contribution >= 0.6 is 0 Å². The molecule has 2 heterocycles. The highest BCUT2D eigenvalue weighted by Crippen LogP contribution is 2.44. The zero-order valence-corrected chi connectivity index (χ0v) is 20.8. The Morgan fingerprint density at radius 3 is 2.32 bits per heavy atom. The third-order valence-corrected chi connectivity index (χ3v) is 6.36. The van der Waals surface area contributed by atoms with Crippen LogP contribution in [0.25, 0.3) is 11.3 Å². The van der Waals surface area contributed by atoms with Crippen molar-refractivity contribution in [3.63, 3.8) is 0 Å². The van der Waals surface area contributed by atoms with Gasteiger partial charge < -0.3 is 19.1 Å². The molecule has 1 atom stereocenters. The monoisotopic (exact) mass is 463 g/mol. The Balaban J connectivity index is 1.81. The zero-order chi connectivity index (χ0) is 24.5. The van der Waals surface area contributed by atoms with Crippen LogP contribution in [0, 0.1) is 0 Å². The summed E-state index contributed by atoms with van der Waals surface area (Å²) in [6.07, 6.45) is 0.752. The molecule has 1 amide bonds. The molecule has 34 heavy (non-hydrogen) atoms. The topological polar surface area (TPSA) is 76.7 Å². The number of carbonyl (C=O) groups excluding carboxylic acids is 1. The van der Waals surface area contributed by atoms with Gasteiger partial charge in [0.1, 0.15) is 5.69 Å². The number of methoxy groups -OCH3 is 3. The normalized spacial score (nSPS) is 15.5. The minimum atomic E-state index is -0.241. The summed E-state index contributed by atoms with van der Waals surface area (Å²) in [5.74, 6) is 1.21. The molecule has 0 fully saturated rings. The maximum Gasteiger partial charge on any atom is 0.273 e. The van der Waals surface area contributed by atoms with E-state index >= 15 is 0 Å². The molecule has 1 aliphatic rings. The van der Waals surface area contributed by atoms with Gasteiger partial charge in [0.25, 0.3) is 5.91 Å². The maximum atomic E-state index is 13.4. The molecule has 0 bridgehead atoms. The van der Waals surface area contributed by atoms with E-state index in [1.54, 1.807) is 21.3 Å². The fourth-order valence-corrected chi connectivity index (χ4v) is 4.52. The van der Waals surface area contributed by atoms with Crippen molar-refractivity contribution in [2.24, 2.45) is 0 Å². The molecule has 180 valence electrons. The lowest BCUT2D eigenvalue weighted by atomic mass is 9.85. The SMILES string of the molecule is COCCCN1C(=O)c2[nH]nc(-c3ccc(OC)c(OC)c3)c2C1c1ccc(C(C)(C)C)cc1. The highest BCUT2D eigenvalue weighted by atomic mass is 16.5. The predicted octanol–water partition coefficient (Wildman–Crippen LogP) is 4.97. The Kier molecular flexibility index (Phi) is 6.66. The molecular weight excluding hydrogens is 430 g/mol. The van der Waals surface area contributed by atoms with Crippen molar-refractivity contribution in [3.05, 3.63) is 64.8 Å². The lowest BCUT2D eigenvalue weighted by molar-refractivity contribution is 0.0723. The van der Waals surface area contributed by atoms with Gasteiger partial charge in [-0.15, -0.1) is 0 Å². The van der Waals surface area contributed by atoms with Gasteiger partial charge in [-0.1, -0.05) is 45.0 Å². The molecule has 1 unspecified atom stereocenters. The molecule has 7 nitrogen and oxygen atoms in total. The van der Waals surface area contributed by atoms with Crippen molar-refractivity contribution in [3.8, 4) is 22.8 Å². The Morgan fingerprint density at radius 2 is 1.71 bits per heavy atom. The number of hydrogen-bond acceptors (Lipinski definition) is 5. The number of nitrogens with one attached hydrogen (secondary N) is 1. The van der Waals surface area contributed by atoms with E-state index in [1.807, 2.05) is 23.1 Å². The lowest BCUT2D eigenvalue weighted by Crippen LogP contribution is -2.31. The molecule has 1 aromatic heterocycles. The van der Waals surface area contributed by atoms with E-state index in [-0.39, 0.29) is 17.4 Å². The summed E-state index contributed by atoms with van der Waals surface area (Å²) < 4.78 is 16.1. The van der Waals surface area contributed by atoms with Crippen LogP contribution in [0.2, 0.25) is 0 Å². The molecule has 1 N–H and O–H groups in total. The van der Waals surface area contributed by atoms with Crippen LogP contribution in [-0.2, 0) is 10.2 Å². The Hall–Kier alpha value is -3.32. The van der Waals surface area contributed by atoms with Crippen LogP contribution < -0.4 is 9.47 Å². The van der Waals surface area contributed by atoms with Crippen molar-refractivity contribution < 1.29 is 19.0 Å². The molecule has 0 saturated carbocycles. The van der Waals surface area contributed by atoms with E-state index < -0.39 is 0 Å². The van der Waals surface area contributed by atoms with E-state index in [9.17, 15) is 4.79 Å². The minimum Gasteiger partial charge on any atom is -0.493 e. The Labute approximate surface area is 201 Å². The first-order valence-corrected chi connectivity index (χ1v) is 11.5. The predicted molar refractivity (Wildman–Crippen MR) is 132 cm³/mol. The van der Waals surface area contributed by atoms with E-state index in [4.69, 9.17) is 14.2 Å². The first-order valence-electron chi connectivity index (χ1n) is 11.5. The number of amides is 1. The number of aromatic nitrogens is 2. The number of H-pyrrole nitrogens is 1. The first kappa shape index (κ1) is 23.8. The number of benzene rings is 2. The third kappa shape index (κ3) is 4.28. The van der Waals surface area contributed by atoms with Crippen molar-refractivity contribution in [1.82, 2.24) is 15.1 Å². The first-order chi connectivity index (χ1) is 16.3. The molecule has 0 spiro atoms. The van der Waals surface area contributed by atoms with Crippen LogP contribution in [-0.4, -0.2) is 55.5 Å². The highest BCUT2D eigenvalue weighted by molar-refractivity contribution is 6.00. The molecule has 7 heteroatoms. The molecule has 0 aliphatic carbocycles. The average molecular weight is 464 g/mol. The summed E-state index contributed by atoms with van der Waals surface area (Å²) in [6.45, 7) is 7.77. The fourth-order valence-electron chi connectivity index (χ4n) is 4.52. The van der Waals surface area contributed by atoms with E-state index in [0.717, 1.165) is 28.8 Å². The fraction of sp³-hybridized carbons (Fsp3) is 0.407. The van der Waals surface area contributed by atoms with Crippen molar-refractivity contribution in [2.75, 3.05) is 34.5 Å². The van der Waals surface area contributed by atoms with Crippen LogP contribution in [0.5, 0.6) is 11.5 Å². The number of nitrogens with zero attached hydrogens (tertiary/aromatic N) is 2. The Bertz CT molecular complexity index is 1160. The number of ether oxygens (including phenoxy) is 3. The summed E-state index contributed by atoms with van der Waals surface area (Å²) >= 11 is 0. The summed E-state index contributed by atoms with van der Waals surface area (Å²) in [4.78, 5) is 15.4. The second-order valence-corrected chi connectivity index (χ2v) is 9.55. The van der Waals surface area contributed by atoms with Crippen molar-refractivity contribution in [2.45, 2.75) is 38.6 Å². The van der Waals surface area contributed by atoms with E-state index in [1.165, 1.54) is 5.56 Å². The van der Waals surface area contributed by atoms with Gasteiger partial charge in [0.15, 0.2) is 11.5 Å². The van der Waals surface area contributed by atoms with E-state index in [0.29, 0.717) is 30.3 Å². The number of fused-ring (bicyclic) bond motifs is 1. The van der Waals surface area contributed by atoms with E-state index in [2.05, 4.69) is 55.2 Å². The average Bonchev–Trinajstić information content (AvgIpc) is 3.37. The minimum absolute atomic E-state index is 0.0461. The summed E-state index contributed by atoms with van der Waals surface area (Å²) in [7, 11) is 4.89. The molecular formula is C27H33N3O4. The third-order valence-electron chi connectivity index (χ3n) is 6.36. The number of rotatable bonds is 8. The molecule has 0 saturated heterocycles. The maximum absolute atomic E-state index is 13.4. The number of hydrogen-bond donors (Lipinski definition) is 1. The molecule has 0 radical (unpaired) electrons. The van der Waals surface area contributed by atoms with Gasteiger partial charge in [-0.25, -0.2) is 0 Å². The van der Waals surface area contributed by atoms with Gasteiger partial charge in [0.05, 0.1) is 26.0 Å². The van der Waals surface area contributed by atoms with Crippen LogP contribution in [0.1, 0.15) is 60.4 Å². The van der Waals surface area contributed by atoms with Gasteiger partial charge in [-0.2, -0.15) is 5.10 Å². The number of carbonyl (C=O) groups is 1. The summed E-state index contributed by atoms with van der Waals surface area (Å²) in [5.41, 5.74) is 5.37. The van der Waals surface area contributed by atoms with Gasteiger partial charge in [0, 0.05) is 31.4 Å². The van der Waals surface area contributed by atoms with Crippen LogP contribution in [0.3, 0.4) is 0 Å². The van der Waals surface area contributed by atoms with Crippen LogP contribution in [0.4, 0.5) is 0 Å². The quantitative estimate of drug-likeness (QED) is 0.477. The molecule has 2 aromatic carbocycles. The van der Waals surface area contributed by atoms with Crippen molar-refractivity contribution in [1.29, 1.82) is 0 Å². The van der Waals surface area contributed by atoms with Gasteiger partial charge in [-0.05, 0) is 41.2 Å². The molecule has 1 aliphatic heterocycles. The second-order valence-electron chi connectivity index (χ2n) is 9.55. The zero-order valence-electron chi connectivity index (χ0n) is 20.8. The van der Waals surface area contributed by atoms with Crippen molar-refractivity contribution >= 4 is 5.91 Å².